The number of nitrogens with one attached hydrogen (secondary N) is 2. The molecule has 1 amide bonds. The molecule has 0 bridgehead atoms. The third-order valence-electron chi connectivity index (χ3n) is 3.18. The van der Waals surface area contributed by atoms with E-state index in [0.717, 1.165) is 17.7 Å². The molecule has 0 unspecified atom stereocenters. The van der Waals surface area contributed by atoms with Crippen LogP contribution in [0.3, 0.4) is 0 Å². The van der Waals surface area contributed by atoms with Crippen molar-refractivity contribution in [3.63, 3.8) is 0 Å². The number of benzene rings is 2. The van der Waals surface area contributed by atoms with Crippen molar-refractivity contribution in [1.82, 2.24) is 10.6 Å². The molecule has 28 heavy (non-hydrogen) atoms. The van der Waals surface area contributed by atoms with Crippen LogP contribution in [-0.4, -0.2) is 18.7 Å². The predicted octanol–water partition coefficient (Wildman–Crippen LogP) is 5.92. The number of hydrogen-bond acceptors (Lipinski definition) is 3. The van der Waals surface area contributed by atoms with E-state index < -0.39 is 11.7 Å². The zero-order valence-corrected chi connectivity index (χ0v) is 19.4. The summed E-state index contributed by atoms with van der Waals surface area (Å²) in [5.41, 5.74) is 1.35. The Morgan fingerprint density at radius 1 is 0.964 bits per heavy atom. The number of halogens is 4. The van der Waals surface area contributed by atoms with Gasteiger partial charge in [-0.1, -0.05) is 12.1 Å². The first-order valence-corrected chi connectivity index (χ1v) is 10.1. The number of carbonyl (C=O) groups excluding carboxylic acids is 1. The van der Waals surface area contributed by atoms with Gasteiger partial charge in [-0.3, -0.25) is 0 Å². The van der Waals surface area contributed by atoms with Crippen molar-refractivity contribution < 1.29 is 18.3 Å². The Labute approximate surface area is 181 Å². The molecule has 2 rings (SSSR count). The summed E-state index contributed by atoms with van der Waals surface area (Å²) in [4.78, 5) is 11.4. The molecule has 0 aliphatic heterocycles. The molecule has 0 fully saturated rings. The van der Waals surface area contributed by atoms with Crippen LogP contribution in [0, 0.1) is 11.6 Å². The van der Waals surface area contributed by atoms with E-state index in [1.807, 2.05) is 7.05 Å². The van der Waals surface area contributed by atoms with E-state index in [4.69, 9.17) is 4.74 Å². The minimum atomic E-state index is -0.520. The standard InChI is InChI=1S/C12H15BrFNO2.C8H9BrFN/c1-12(2,3)17-11(16)15-7-8-4-5-10(14)9(13)6-8;1-11-5-6-2-3-8(10)7(9)4-6/h4-6H,7H2,1-3H3,(H,15,16);2-4,11H,5H2,1H3. The van der Waals surface area contributed by atoms with Gasteiger partial charge < -0.3 is 15.4 Å². The second-order valence-corrected chi connectivity index (χ2v) is 8.59. The number of hydrogen-bond donors (Lipinski definition) is 2. The molecule has 0 atom stereocenters. The Hall–Kier alpha value is -1.51. The summed E-state index contributed by atoms with van der Waals surface area (Å²) >= 11 is 6.20. The molecule has 2 N–H and O–H groups in total. The molecule has 0 aliphatic rings. The summed E-state index contributed by atoms with van der Waals surface area (Å²) in [6.07, 6.45) is -0.488. The fourth-order valence-corrected chi connectivity index (χ4v) is 2.84. The highest BCUT2D eigenvalue weighted by molar-refractivity contribution is 9.10. The quantitative estimate of drug-likeness (QED) is 0.525. The molecule has 2 aromatic rings. The SMILES string of the molecule is CC(C)(C)OC(=O)NCc1ccc(F)c(Br)c1.CNCc1ccc(F)c(Br)c1. The van der Waals surface area contributed by atoms with Gasteiger partial charge in [-0.15, -0.1) is 0 Å². The summed E-state index contributed by atoms with van der Waals surface area (Å²) in [5, 5.41) is 5.59. The van der Waals surface area contributed by atoms with E-state index in [9.17, 15) is 13.6 Å². The fourth-order valence-electron chi connectivity index (χ4n) is 1.99. The second kappa shape index (κ2) is 11.5. The third kappa shape index (κ3) is 9.61. The maximum atomic E-state index is 13.0. The summed E-state index contributed by atoms with van der Waals surface area (Å²) < 4.78 is 31.6. The highest BCUT2D eigenvalue weighted by Gasteiger charge is 2.15. The molecule has 154 valence electrons. The van der Waals surface area contributed by atoms with Crippen LogP contribution in [0.2, 0.25) is 0 Å². The van der Waals surface area contributed by atoms with Crippen molar-refractivity contribution in [2.75, 3.05) is 7.05 Å². The molecule has 0 spiro atoms. The van der Waals surface area contributed by atoms with Gasteiger partial charge in [0.05, 0.1) is 8.95 Å². The van der Waals surface area contributed by atoms with Crippen LogP contribution in [0.4, 0.5) is 13.6 Å². The number of ether oxygens (including phenoxy) is 1. The first-order chi connectivity index (χ1) is 13.0. The molecule has 0 heterocycles. The van der Waals surface area contributed by atoms with Gasteiger partial charge in [0.2, 0.25) is 0 Å². The lowest BCUT2D eigenvalue weighted by molar-refractivity contribution is 0.0523. The monoisotopic (exact) mass is 520 g/mol. The molecule has 4 nitrogen and oxygen atoms in total. The van der Waals surface area contributed by atoms with Crippen LogP contribution in [-0.2, 0) is 17.8 Å². The van der Waals surface area contributed by atoms with Crippen LogP contribution in [0.1, 0.15) is 31.9 Å². The van der Waals surface area contributed by atoms with E-state index >= 15 is 0 Å². The van der Waals surface area contributed by atoms with Gasteiger partial charge in [0.1, 0.15) is 17.2 Å². The largest absolute Gasteiger partial charge is 0.444 e. The van der Waals surface area contributed by atoms with Gasteiger partial charge in [-0.05, 0) is 95.1 Å². The Morgan fingerprint density at radius 3 is 1.82 bits per heavy atom. The second-order valence-electron chi connectivity index (χ2n) is 6.88. The molecule has 2 aromatic carbocycles. The van der Waals surface area contributed by atoms with Crippen molar-refractivity contribution in [3.8, 4) is 0 Å². The van der Waals surface area contributed by atoms with Gasteiger partial charge in [0.15, 0.2) is 0 Å². The van der Waals surface area contributed by atoms with E-state index in [1.54, 1.807) is 45.0 Å². The van der Waals surface area contributed by atoms with Crippen molar-refractivity contribution >= 4 is 38.0 Å². The highest BCUT2D eigenvalue weighted by atomic mass is 79.9. The average molecular weight is 522 g/mol. The molecule has 0 aliphatic carbocycles. The third-order valence-corrected chi connectivity index (χ3v) is 4.40. The van der Waals surface area contributed by atoms with Gasteiger partial charge in [0, 0.05) is 13.1 Å². The van der Waals surface area contributed by atoms with Crippen molar-refractivity contribution in [3.05, 3.63) is 68.1 Å². The van der Waals surface area contributed by atoms with E-state index in [2.05, 4.69) is 42.5 Å². The minimum absolute atomic E-state index is 0.218. The summed E-state index contributed by atoms with van der Waals surface area (Å²) in [5.74, 6) is -0.545. The van der Waals surface area contributed by atoms with Crippen molar-refractivity contribution in [2.24, 2.45) is 0 Å². The Kier molecular flexibility index (Phi) is 10.1. The normalized spacial score (nSPS) is 10.7. The van der Waals surface area contributed by atoms with Crippen LogP contribution in [0.15, 0.2) is 45.3 Å². The van der Waals surface area contributed by atoms with E-state index in [0.29, 0.717) is 15.5 Å². The number of rotatable bonds is 4. The molecule has 0 saturated carbocycles. The smallest absolute Gasteiger partial charge is 0.407 e. The maximum absolute atomic E-state index is 13.0. The van der Waals surface area contributed by atoms with Crippen LogP contribution < -0.4 is 10.6 Å². The lowest BCUT2D eigenvalue weighted by atomic mass is 10.2. The van der Waals surface area contributed by atoms with E-state index in [1.165, 1.54) is 12.1 Å². The number of alkyl carbamates (subject to hydrolysis) is 1. The van der Waals surface area contributed by atoms with Crippen molar-refractivity contribution in [1.29, 1.82) is 0 Å². The Balaban J connectivity index is 0.000000307. The molecule has 0 saturated heterocycles. The maximum Gasteiger partial charge on any atom is 0.407 e. The lowest BCUT2D eigenvalue weighted by Gasteiger charge is -2.19. The zero-order chi connectivity index (χ0) is 21.3. The lowest BCUT2D eigenvalue weighted by Crippen LogP contribution is -2.32. The minimum Gasteiger partial charge on any atom is -0.444 e. The van der Waals surface area contributed by atoms with Gasteiger partial charge in [-0.25, -0.2) is 13.6 Å². The molecular weight excluding hydrogens is 498 g/mol. The Bertz CT molecular complexity index is 796. The molecule has 0 radical (unpaired) electrons. The highest BCUT2D eigenvalue weighted by Crippen LogP contribution is 2.17. The molecule has 8 heteroatoms. The zero-order valence-electron chi connectivity index (χ0n) is 16.2. The first-order valence-electron chi connectivity index (χ1n) is 8.51. The summed E-state index contributed by atoms with van der Waals surface area (Å²) in [6.45, 7) is 6.44. The van der Waals surface area contributed by atoms with Crippen LogP contribution in [0.5, 0.6) is 0 Å². The molecule has 0 aromatic heterocycles. The number of carbonyl (C=O) groups is 1. The first kappa shape index (κ1) is 24.5. The Morgan fingerprint density at radius 2 is 1.43 bits per heavy atom. The van der Waals surface area contributed by atoms with Gasteiger partial charge in [-0.2, -0.15) is 0 Å². The van der Waals surface area contributed by atoms with Gasteiger partial charge in [0.25, 0.3) is 0 Å². The fraction of sp³-hybridized carbons (Fsp3) is 0.350. The average Bonchev–Trinajstić information content (AvgIpc) is 2.59. The van der Waals surface area contributed by atoms with Crippen LogP contribution >= 0.6 is 31.9 Å². The topological polar surface area (TPSA) is 50.4 Å². The predicted molar refractivity (Wildman–Crippen MR) is 114 cm³/mol. The summed E-state index contributed by atoms with van der Waals surface area (Å²) in [6, 6.07) is 9.56. The summed E-state index contributed by atoms with van der Waals surface area (Å²) in [7, 11) is 1.86. The molecular formula is C20H24Br2F2N2O2. The van der Waals surface area contributed by atoms with Gasteiger partial charge >= 0.3 is 6.09 Å². The number of amides is 1. The van der Waals surface area contributed by atoms with Crippen LogP contribution in [0.25, 0.3) is 0 Å². The van der Waals surface area contributed by atoms with E-state index in [-0.39, 0.29) is 11.6 Å². The van der Waals surface area contributed by atoms with Crippen molar-refractivity contribution in [2.45, 2.75) is 39.5 Å².